The molecular weight excluding hydrogens is 428 g/mol. The number of hydrogen-bond donors (Lipinski definition) is 1. The Bertz CT molecular complexity index is 944. The van der Waals surface area contributed by atoms with E-state index in [-0.39, 0.29) is 35.0 Å². The van der Waals surface area contributed by atoms with Crippen LogP contribution in [0.25, 0.3) is 11.3 Å². The number of alkyl halides is 6. The number of pyridine rings is 1. The molecule has 2 aromatic heterocycles. The first-order valence-electron chi connectivity index (χ1n) is 9.67. The Morgan fingerprint density at radius 1 is 1.16 bits per heavy atom. The summed E-state index contributed by atoms with van der Waals surface area (Å²) in [6.45, 7) is 2.79. The second-order valence-electron chi connectivity index (χ2n) is 7.97. The summed E-state index contributed by atoms with van der Waals surface area (Å²) in [6, 6.07) is 0.619. The first-order valence-corrected chi connectivity index (χ1v) is 9.67. The van der Waals surface area contributed by atoms with Crippen molar-refractivity contribution in [1.29, 1.82) is 0 Å². The highest BCUT2D eigenvalue weighted by Gasteiger charge is 2.57. The molecule has 0 aromatic carbocycles. The molecule has 2 atom stereocenters. The minimum atomic E-state index is -4.73. The lowest BCUT2D eigenvalue weighted by atomic mass is 10.1. The van der Waals surface area contributed by atoms with Crippen molar-refractivity contribution in [3.63, 3.8) is 0 Å². The number of piperidine rings is 1. The molecule has 0 bridgehead atoms. The summed E-state index contributed by atoms with van der Waals surface area (Å²) in [5, 5.41) is 0. The van der Waals surface area contributed by atoms with E-state index < -0.39 is 30.2 Å². The van der Waals surface area contributed by atoms with Crippen LogP contribution in [0.2, 0.25) is 0 Å². The maximum absolute atomic E-state index is 13.2. The fourth-order valence-electron chi connectivity index (χ4n) is 4.38. The van der Waals surface area contributed by atoms with Crippen molar-refractivity contribution in [2.75, 3.05) is 39.1 Å². The van der Waals surface area contributed by atoms with Crippen LogP contribution < -0.4 is 5.73 Å². The number of nitrogen functional groups attached to an aromatic ring is 1. The molecule has 170 valence electrons. The molecule has 2 aliphatic rings. The number of nitrogens with two attached hydrogens (primary N) is 1. The van der Waals surface area contributed by atoms with Gasteiger partial charge in [-0.2, -0.15) is 26.3 Å². The van der Waals surface area contributed by atoms with E-state index in [2.05, 4.69) is 14.9 Å². The van der Waals surface area contributed by atoms with E-state index in [0.29, 0.717) is 6.61 Å². The van der Waals surface area contributed by atoms with Crippen LogP contribution in [0, 0.1) is 11.8 Å². The van der Waals surface area contributed by atoms with Gasteiger partial charge in [0.15, 0.2) is 0 Å². The number of methoxy groups -OCH3 is 1. The Balaban J connectivity index is 1.62. The first-order chi connectivity index (χ1) is 14.5. The number of likely N-dealkylation sites (tertiary alicyclic amines) is 1. The van der Waals surface area contributed by atoms with Crippen LogP contribution in [0.3, 0.4) is 0 Å². The van der Waals surface area contributed by atoms with Gasteiger partial charge in [0.25, 0.3) is 0 Å². The van der Waals surface area contributed by atoms with Gasteiger partial charge in [-0.1, -0.05) is 0 Å². The van der Waals surface area contributed by atoms with Crippen LogP contribution >= 0.6 is 0 Å². The Hall–Kier alpha value is -2.34. The van der Waals surface area contributed by atoms with Crippen LogP contribution in [-0.4, -0.2) is 59.0 Å². The third-order valence-corrected chi connectivity index (χ3v) is 5.84. The Labute approximate surface area is 174 Å². The fourth-order valence-corrected chi connectivity index (χ4v) is 4.38. The van der Waals surface area contributed by atoms with Crippen molar-refractivity contribution in [1.82, 2.24) is 19.4 Å². The Morgan fingerprint density at radius 2 is 1.84 bits per heavy atom. The van der Waals surface area contributed by atoms with Crippen LogP contribution in [-0.2, 0) is 17.3 Å². The molecule has 1 saturated heterocycles. The summed E-state index contributed by atoms with van der Waals surface area (Å²) in [5.41, 5.74) is 4.16. The standard InChI is InChI=1S/C19H21F6N5O/c1-31-3-2-29-7-11-12(8-29)16(11)30-9-14(28-15(30)5-18(20,21)22)10-4-13(19(23,24)25)17(26)27-6-10/h4,6,9,11-12,16H,2-3,5,7-8H2,1H3,(H2,26,27). The Morgan fingerprint density at radius 3 is 2.42 bits per heavy atom. The number of aromatic nitrogens is 3. The molecule has 1 aliphatic carbocycles. The fraction of sp³-hybridized carbons (Fsp3) is 0.579. The number of ether oxygens (including phenoxy) is 1. The van der Waals surface area contributed by atoms with Crippen molar-refractivity contribution in [2.45, 2.75) is 24.8 Å². The van der Waals surface area contributed by atoms with E-state index in [4.69, 9.17) is 10.5 Å². The zero-order valence-electron chi connectivity index (χ0n) is 16.5. The largest absolute Gasteiger partial charge is 0.419 e. The Kier molecular flexibility index (Phi) is 5.41. The average Bonchev–Trinajstić information content (AvgIpc) is 3.00. The molecule has 2 aromatic rings. The van der Waals surface area contributed by atoms with Gasteiger partial charge in [-0.15, -0.1) is 0 Å². The monoisotopic (exact) mass is 449 g/mol. The number of nitrogens with zero attached hydrogens (tertiary/aromatic N) is 4. The molecule has 2 N–H and O–H groups in total. The van der Waals surface area contributed by atoms with Crippen LogP contribution in [0.5, 0.6) is 0 Å². The number of anilines is 1. The topological polar surface area (TPSA) is 69.2 Å². The highest BCUT2D eigenvalue weighted by molar-refractivity contribution is 5.62. The second kappa shape index (κ2) is 7.66. The van der Waals surface area contributed by atoms with Gasteiger partial charge >= 0.3 is 12.4 Å². The molecule has 1 aliphatic heterocycles. The predicted molar refractivity (Wildman–Crippen MR) is 99.0 cm³/mol. The number of hydrogen-bond acceptors (Lipinski definition) is 5. The number of rotatable bonds is 6. The number of fused-ring (bicyclic) bond motifs is 1. The quantitative estimate of drug-likeness (QED) is 0.685. The molecule has 2 unspecified atom stereocenters. The number of imidazole rings is 1. The van der Waals surface area contributed by atoms with Gasteiger partial charge in [-0.05, 0) is 17.9 Å². The summed E-state index contributed by atoms with van der Waals surface area (Å²) < 4.78 is 85.4. The molecule has 2 fully saturated rings. The molecule has 3 heterocycles. The van der Waals surface area contributed by atoms with Crippen molar-refractivity contribution in [2.24, 2.45) is 11.8 Å². The van der Waals surface area contributed by atoms with Gasteiger partial charge in [0.1, 0.15) is 18.1 Å². The highest BCUT2D eigenvalue weighted by atomic mass is 19.4. The average molecular weight is 449 g/mol. The van der Waals surface area contributed by atoms with Gasteiger partial charge in [-0.3, -0.25) is 0 Å². The van der Waals surface area contributed by atoms with Gasteiger partial charge in [0.05, 0.1) is 17.9 Å². The predicted octanol–water partition coefficient (Wildman–Crippen LogP) is 3.40. The normalized spacial score (nSPS) is 23.9. The van der Waals surface area contributed by atoms with Crippen molar-refractivity contribution >= 4 is 5.82 Å². The summed E-state index contributed by atoms with van der Waals surface area (Å²) >= 11 is 0. The van der Waals surface area contributed by atoms with Crippen molar-refractivity contribution in [3.8, 4) is 11.3 Å². The number of halogens is 6. The van der Waals surface area contributed by atoms with E-state index in [1.165, 1.54) is 10.8 Å². The van der Waals surface area contributed by atoms with Crippen molar-refractivity contribution in [3.05, 3.63) is 29.8 Å². The highest BCUT2D eigenvalue weighted by Crippen LogP contribution is 2.56. The smallest absolute Gasteiger partial charge is 0.383 e. The summed E-state index contributed by atoms with van der Waals surface area (Å²) in [7, 11) is 1.60. The SMILES string of the molecule is COCCN1CC2C(C1)C2n1cc(-c2cnc(N)c(C(F)(F)F)c2)nc1CC(F)(F)F. The van der Waals surface area contributed by atoms with E-state index in [0.717, 1.165) is 31.9 Å². The van der Waals surface area contributed by atoms with Gasteiger partial charge in [-0.25, -0.2) is 9.97 Å². The third kappa shape index (κ3) is 4.49. The lowest BCUT2D eigenvalue weighted by molar-refractivity contribution is -0.137. The minimum absolute atomic E-state index is 0.0125. The molecule has 31 heavy (non-hydrogen) atoms. The van der Waals surface area contributed by atoms with Gasteiger partial charge in [0, 0.05) is 50.7 Å². The molecule has 12 heteroatoms. The first kappa shape index (κ1) is 21.9. The van der Waals surface area contributed by atoms with E-state index in [9.17, 15) is 26.3 Å². The summed E-state index contributed by atoms with van der Waals surface area (Å²) in [6.07, 6.45) is -7.99. The molecule has 4 rings (SSSR count). The zero-order valence-corrected chi connectivity index (χ0v) is 16.5. The molecule has 1 saturated carbocycles. The van der Waals surface area contributed by atoms with Crippen molar-refractivity contribution < 1.29 is 31.1 Å². The van der Waals surface area contributed by atoms with E-state index in [1.54, 1.807) is 7.11 Å². The lowest BCUT2D eigenvalue weighted by Crippen LogP contribution is -2.29. The molecule has 0 spiro atoms. The molecular formula is C19H21F6N5O. The van der Waals surface area contributed by atoms with Gasteiger partial charge < -0.3 is 19.9 Å². The van der Waals surface area contributed by atoms with Crippen LogP contribution in [0.4, 0.5) is 32.2 Å². The third-order valence-electron chi connectivity index (χ3n) is 5.84. The summed E-state index contributed by atoms with van der Waals surface area (Å²) in [4.78, 5) is 9.79. The summed E-state index contributed by atoms with van der Waals surface area (Å²) in [5.74, 6) is -0.544. The maximum atomic E-state index is 13.2. The van der Waals surface area contributed by atoms with Crippen LogP contribution in [0.15, 0.2) is 18.5 Å². The molecule has 0 radical (unpaired) electrons. The zero-order chi connectivity index (χ0) is 22.6. The van der Waals surface area contributed by atoms with Gasteiger partial charge in [0.2, 0.25) is 0 Å². The van der Waals surface area contributed by atoms with Crippen LogP contribution in [0.1, 0.15) is 17.4 Å². The lowest BCUT2D eigenvalue weighted by Gasteiger charge is -2.20. The van der Waals surface area contributed by atoms with E-state index in [1.807, 2.05) is 0 Å². The molecule has 0 amide bonds. The minimum Gasteiger partial charge on any atom is -0.383 e. The second-order valence-corrected chi connectivity index (χ2v) is 7.97. The maximum Gasteiger partial charge on any atom is 0.419 e. The molecule has 6 nitrogen and oxygen atoms in total. The van der Waals surface area contributed by atoms with E-state index >= 15 is 0 Å².